The lowest BCUT2D eigenvalue weighted by molar-refractivity contribution is 0.0860. The van der Waals surface area contributed by atoms with Crippen molar-refractivity contribution in [3.63, 3.8) is 0 Å². The number of fused-ring (bicyclic) bond motifs is 1. The van der Waals surface area contributed by atoms with Gasteiger partial charge in [0.05, 0.1) is 22.0 Å². The minimum absolute atomic E-state index is 0.0178. The molecule has 0 bridgehead atoms. The van der Waals surface area contributed by atoms with E-state index in [-0.39, 0.29) is 29.8 Å². The fraction of sp³-hybridized carbons (Fsp3) is 0.435. The number of nitrogens with zero attached hydrogens (tertiary/aromatic N) is 3. The van der Waals surface area contributed by atoms with Gasteiger partial charge in [0.2, 0.25) is 6.36 Å². The lowest BCUT2D eigenvalue weighted by Gasteiger charge is -2.37. The van der Waals surface area contributed by atoms with E-state index in [4.69, 9.17) is 21.4 Å². The first-order chi connectivity index (χ1) is 15.4. The van der Waals surface area contributed by atoms with E-state index >= 15 is 0 Å². The number of carbonyl (C=O) groups is 1. The molecule has 1 atom stereocenters. The lowest BCUT2D eigenvalue weighted by atomic mass is 9.86. The van der Waals surface area contributed by atoms with Crippen LogP contribution in [-0.4, -0.2) is 46.8 Å². The van der Waals surface area contributed by atoms with Gasteiger partial charge >= 0.3 is 0 Å². The predicted octanol–water partition coefficient (Wildman–Crippen LogP) is 5.03. The van der Waals surface area contributed by atoms with E-state index in [2.05, 4.69) is 4.98 Å². The predicted molar refractivity (Wildman–Crippen MR) is 125 cm³/mol. The summed E-state index contributed by atoms with van der Waals surface area (Å²) in [6.45, 7) is 7.01. The van der Waals surface area contributed by atoms with E-state index < -0.39 is 21.6 Å². The molecular weight excluding hydrogens is 469 g/mol. The summed E-state index contributed by atoms with van der Waals surface area (Å²) in [7, 11) is -3.04. The van der Waals surface area contributed by atoms with E-state index in [1.54, 1.807) is 28.9 Å². The van der Waals surface area contributed by atoms with E-state index in [0.717, 1.165) is 0 Å². The average Bonchev–Trinajstić information content (AvgIpc) is 3.06. The number of hydrogen-bond acceptors (Lipinski definition) is 6. The van der Waals surface area contributed by atoms with E-state index in [0.29, 0.717) is 38.6 Å². The number of ether oxygens (including phenoxy) is 1. The van der Waals surface area contributed by atoms with Gasteiger partial charge in [-0.3, -0.25) is 14.5 Å². The molecule has 176 valence electrons. The van der Waals surface area contributed by atoms with Crippen LogP contribution < -0.4 is 4.74 Å². The number of sulfone groups is 1. The summed E-state index contributed by atoms with van der Waals surface area (Å²) in [5.74, 6) is 0.186. The van der Waals surface area contributed by atoms with Crippen LogP contribution in [0, 0.1) is 5.41 Å². The van der Waals surface area contributed by atoms with Crippen molar-refractivity contribution in [2.24, 2.45) is 5.41 Å². The molecule has 0 amide bonds. The molecule has 1 unspecified atom stereocenters. The number of aromatic nitrogens is 3. The van der Waals surface area contributed by atoms with Gasteiger partial charge in [0.15, 0.2) is 15.6 Å². The van der Waals surface area contributed by atoms with Crippen LogP contribution in [0.4, 0.5) is 4.39 Å². The van der Waals surface area contributed by atoms with Crippen LogP contribution >= 0.6 is 11.6 Å². The maximum atomic E-state index is 13.3. The molecule has 4 rings (SSSR count). The molecule has 0 saturated carbocycles. The molecule has 1 saturated heterocycles. The van der Waals surface area contributed by atoms with Crippen LogP contribution in [0.1, 0.15) is 50.5 Å². The van der Waals surface area contributed by atoms with Crippen LogP contribution in [0.25, 0.3) is 22.3 Å². The molecule has 1 aromatic carbocycles. The first-order valence-electron chi connectivity index (χ1n) is 10.6. The molecule has 1 aliphatic rings. The van der Waals surface area contributed by atoms with Crippen molar-refractivity contribution < 1.29 is 22.3 Å². The van der Waals surface area contributed by atoms with E-state index in [9.17, 15) is 17.6 Å². The number of hydrogen-bond donors (Lipinski definition) is 0. The van der Waals surface area contributed by atoms with Gasteiger partial charge < -0.3 is 4.74 Å². The van der Waals surface area contributed by atoms with Crippen molar-refractivity contribution >= 4 is 38.3 Å². The van der Waals surface area contributed by atoms with Crippen molar-refractivity contribution in [2.45, 2.75) is 46.5 Å². The first kappa shape index (κ1) is 23.6. The molecule has 7 nitrogen and oxygen atoms in total. The Morgan fingerprint density at radius 2 is 1.97 bits per heavy atom. The number of halogens is 2. The number of carbonyl (C=O) groups excluding carboxylic acids is 1. The van der Waals surface area contributed by atoms with Gasteiger partial charge in [0, 0.05) is 42.1 Å². The Bertz CT molecular complexity index is 1340. The summed E-state index contributed by atoms with van der Waals surface area (Å²) >= 11 is 6.43. The maximum Gasteiger partial charge on any atom is 0.235 e. The standard InChI is InChI=1S/C23H25ClFN3O4S/c1-13(2)28-19-7-15(20(29)9-23(4)11-33(30,31)12-23)10-26-22(19)21(27-28)17-8-16(32-14(3)25)5-6-18(17)24/h5-8,10,13-14H,9,11-12H2,1-4H3. The van der Waals surface area contributed by atoms with Crippen LogP contribution in [0.3, 0.4) is 0 Å². The second kappa shape index (κ2) is 8.36. The Balaban J connectivity index is 1.75. The van der Waals surface area contributed by atoms with Gasteiger partial charge in [-0.15, -0.1) is 0 Å². The van der Waals surface area contributed by atoms with Crippen molar-refractivity contribution in [2.75, 3.05) is 11.5 Å². The summed E-state index contributed by atoms with van der Waals surface area (Å²) in [5, 5.41) is 5.10. The lowest BCUT2D eigenvalue weighted by Crippen LogP contribution is -2.47. The van der Waals surface area contributed by atoms with Gasteiger partial charge in [0.1, 0.15) is 17.0 Å². The summed E-state index contributed by atoms with van der Waals surface area (Å²) in [6, 6.07) is 6.50. The highest BCUT2D eigenvalue weighted by Gasteiger charge is 2.45. The van der Waals surface area contributed by atoms with Crippen LogP contribution in [0.5, 0.6) is 5.75 Å². The second-order valence-electron chi connectivity index (χ2n) is 9.22. The fourth-order valence-corrected chi connectivity index (χ4v) is 6.76. The first-order valence-corrected chi connectivity index (χ1v) is 12.8. The minimum Gasteiger partial charge on any atom is -0.461 e. The summed E-state index contributed by atoms with van der Waals surface area (Å²) in [6.07, 6.45) is 0.132. The zero-order valence-corrected chi connectivity index (χ0v) is 20.4. The summed E-state index contributed by atoms with van der Waals surface area (Å²) in [5.41, 5.74) is 2.09. The van der Waals surface area contributed by atoms with Gasteiger partial charge in [0.25, 0.3) is 0 Å². The Labute approximate surface area is 196 Å². The third-order valence-corrected chi connectivity index (χ3v) is 8.18. The number of alkyl halides is 1. The van der Waals surface area contributed by atoms with Crippen molar-refractivity contribution in [3.8, 4) is 17.0 Å². The summed E-state index contributed by atoms with van der Waals surface area (Å²) in [4.78, 5) is 17.4. The second-order valence-corrected chi connectivity index (χ2v) is 11.7. The third-order valence-electron chi connectivity index (χ3n) is 5.57. The largest absolute Gasteiger partial charge is 0.461 e. The minimum atomic E-state index is -3.04. The van der Waals surface area contributed by atoms with Crippen molar-refractivity contribution in [3.05, 3.63) is 41.0 Å². The number of Topliss-reactive ketones (excluding diaryl/α,β-unsaturated/α-hetero) is 1. The molecule has 0 aliphatic carbocycles. The average molecular weight is 494 g/mol. The van der Waals surface area contributed by atoms with Crippen molar-refractivity contribution in [1.29, 1.82) is 0 Å². The number of rotatable bonds is 7. The highest BCUT2D eigenvalue weighted by Crippen LogP contribution is 2.38. The smallest absolute Gasteiger partial charge is 0.235 e. The van der Waals surface area contributed by atoms with Gasteiger partial charge in [-0.1, -0.05) is 18.5 Å². The number of benzene rings is 1. The molecule has 3 heterocycles. The van der Waals surface area contributed by atoms with E-state index in [1.807, 2.05) is 20.8 Å². The topological polar surface area (TPSA) is 91.2 Å². The zero-order chi connectivity index (χ0) is 24.1. The van der Waals surface area contributed by atoms with E-state index in [1.165, 1.54) is 13.1 Å². The normalized spacial score (nSPS) is 17.7. The Kier molecular flexibility index (Phi) is 5.99. The van der Waals surface area contributed by atoms with Gasteiger partial charge in [-0.25, -0.2) is 12.8 Å². The molecule has 3 aromatic rings. The Morgan fingerprint density at radius 3 is 2.58 bits per heavy atom. The summed E-state index contributed by atoms with van der Waals surface area (Å²) < 4.78 is 43.4. The molecule has 33 heavy (non-hydrogen) atoms. The van der Waals surface area contributed by atoms with Crippen LogP contribution in [0.15, 0.2) is 30.5 Å². The fourth-order valence-electron chi connectivity index (χ4n) is 4.30. The molecule has 0 N–H and O–H groups in total. The molecule has 1 fully saturated rings. The van der Waals surface area contributed by atoms with Crippen LogP contribution in [0.2, 0.25) is 5.02 Å². The third kappa shape index (κ3) is 4.75. The molecule has 0 radical (unpaired) electrons. The Hall–Kier alpha value is -2.52. The molecule has 10 heteroatoms. The monoisotopic (exact) mass is 493 g/mol. The Morgan fingerprint density at radius 1 is 1.27 bits per heavy atom. The highest BCUT2D eigenvalue weighted by molar-refractivity contribution is 7.92. The van der Waals surface area contributed by atoms with Gasteiger partial charge in [-0.05, 0) is 38.1 Å². The number of ketones is 1. The zero-order valence-electron chi connectivity index (χ0n) is 18.8. The highest BCUT2D eigenvalue weighted by atomic mass is 35.5. The number of pyridine rings is 1. The quantitative estimate of drug-likeness (QED) is 0.428. The molecule has 1 aliphatic heterocycles. The van der Waals surface area contributed by atoms with Gasteiger partial charge in [-0.2, -0.15) is 5.10 Å². The maximum absolute atomic E-state index is 13.3. The molecule has 2 aromatic heterocycles. The SMILES string of the molecule is CC(F)Oc1ccc(Cl)c(-c2nn(C(C)C)c3cc(C(=O)CC4(C)CS(=O)(=O)C4)cnc23)c1. The van der Waals surface area contributed by atoms with Crippen molar-refractivity contribution in [1.82, 2.24) is 14.8 Å². The van der Waals surface area contributed by atoms with Crippen LogP contribution in [-0.2, 0) is 9.84 Å². The molecule has 0 spiro atoms. The molecular formula is C23H25ClFN3O4S.